The summed E-state index contributed by atoms with van der Waals surface area (Å²) < 4.78 is 18.0. The first kappa shape index (κ1) is 24.7. The summed E-state index contributed by atoms with van der Waals surface area (Å²) in [6.07, 6.45) is 0. The number of nitrogens with zero attached hydrogens (tertiary/aromatic N) is 1. The molecule has 1 aliphatic rings. The summed E-state index contributed by atoms with van der Waals surface area (Å²) in [6, 6.07) is 24.3. The normalized spacial score (nSPS) is 16.0. The second-order valence-electron chi connectivity index (χ2n) is 9.67. The molecule has 6 nitrogen and oxygen atoms in total. The first-order valence-corrected chi connectivity index (χ1v) is 11.6. The summed E-state index contributed by atoms with van der Waals surface area (Å²) in [5, 5.41) is 11.8. The lowest BCUT2D eigenvalue weighted by Crippen LogP contribution is -2.41. The third-order valence-corrected chi connectivity index (χ3v) is 6.51. The topological polar surface area (TPSA) is 80.6 Å². The molecule has 7 heteroatoms. The lowest BCUT2D eigenvalue weighted by atomic mass is 9.78. The Morgan fingerprint density at radius 1 is 0.914 bits per heavy atom. The molecule has 3 aromatic rings. The number of nitriles is 1. The quantitative estimate of drug-likeness (QED) is 0.503. The highest BCUT2D eigenvalue weighted by Crippen LogP contribution is 2.36. The standard InChI is InChI=1S/C28H29BN2O4/c1-27(2)28(3,4)35-29(34-27)24-7-5-6-23(16-24)26(32)31-25-14-12-22(13-15-25)19-33-18-21-10-8-20(17-30)9-11-21/h5-16H,18-19H2,1-4H3,(H,31,32). The van der Waals surface area contributed by atoms with Gasteiger partial charge in [-0.25, -0.2) is 0 Å². The van der Waals surface area contributed by atoms with Crippen LogP contribution < -0.4 is 10.8 Å². The maximum atomic E-state index is 12.9. The average Bonchev–Trinajstić information content (AvgIpc) is 3.07. The van der Waals surface area contributed by atoms with E-state index in [4.69, 9.17) is 19.3 Å². The van der Waals surface area contributed by atoms with Crippen LogP contribution in [0.3, 0.4) is 0 Å². The molecule has 0 bridgehead atoms. The molecular weight excluding hydrogens is 439 g/mol. The van der Waals surface area contributed by atoms with Gasteiger partial charge in [0.05, 0.1) is 36.0 Å². The van der Waals surface area contributed by atoms with Crippen LogP contribution >= 0.6 is 0 Å². The average molecular weight is 468 g/mol. The highest BCUT2D eigenvalue weighted by atomic mass is 16.7. The molecule has 4 rings (SSSR count). The Bertz CT molecular complexity index is 1220. The monoisotopic (exact) mass is 468 g/mol. The van der Waals surface area contributed by atoms with Crippen molar-refractivity contribution in [3.8, 4) is 6.07 Å². The van der Waals surface area contributed by atoms with E-state index in [0.717, 1.165) is 16.6 Å². The minimum Gasteiger partial charge on any atom is -0.399 e. The van der Waals surface area contributed by atoms with Gasteiger partial charge in [-0.05, 0) is 80.7 Å². The molecule has 0 aliphatic carbocycles. The van der Waals surface area contributed by atoms with Crippen molar-refractivity contribution >= 4 is 24.2 Å². The lowest BCUT2D eigenvalue weighted by Gasteiger charge is -2.32. The summed E-state index contributed by atoms with van der Waals surface area (Å²) in [5.41, 5.74) is 3.80. The highest BCUT2D eigenvalue weighted by Gasteiger charge is 2.51. The molecule has 1 N–H and O–H groups in total. The molecule has 1 amide bonds. The molecule has 0 aromatic heterocycles. The van der Waals surface area contributed by atoms with E-state index in [9.17, 15) is 4.79 Å². The third kappa shape index (κ3) is 5.80. The maximum absolute atomic E-state index is 12.9. The van der Waals surface area contributed by atoms with Crippen molar-refractivity contribution in [2.75, 3.05) is 5.32 Å². The Morgan fingerprint density at radius 3 is 2.06 bits per heavy atom. The number of anilines is 1. The predicted molar refractivity (Wildman–Crippen MR) is 136 cm³/mol. The van der Waals surface area contributed by atoms with Gasteiger partial charge in [-0.2, -0.15) is 5.26 Å². The Labute approximate surface area is 207 Å². The molecule has 1 aliphatic heterocycles. The first-order chi connectivity index (χ1) is 16.7. The lowest BCUT2D eigenvalue weighted by molar-refractivity contribution is 0.00578. The van der Waals surface area contributed by atoms with E-state index in [0.29, 0.717) is 30.0 Å². The molecular formula is C28H29BN2O4. The molecule has 1 heterocycles. The predicted octanol–water partition coefficient (Wildman–Crippen LogP) is 4.83. The largest absolute Gasteiger partial charge is 0.494 e. The number of rotatable bonds is 7. The fraction of sp³-hybridized carbons (Fsp3) is 0.286. The van der Waals surface area contributed by atoms with Crippen LogP contribution in [0, 0.1) is 11.3 Å². The molecule has 178 valence electrons. The van der Waals surface area contributed by atoms with Crippen LogP contribution in [0.5, 0.6) is 0 Å². The van der Waals surface area contributed by atoms with Crippen molar-refractivity contribution in [1.82, 2.24) is 0 Å². The van der Waals surface area contributed by atoms with Gasteiger partial charge >= 0.3 is 7.12 Å². The molecule has 0 radical (unpaired) electrons. The van der Waals surface area contributed by atoms with E-state index in [1.165, 1.54) is 0 Å². The van der Waals surface area contributed by atoms with Gasteiger partial charge in [0, 0.05) is 11.3 Å². The van der Waals surface area contributed by atoms with Gasteiger partial charge in [0.2, 0.25) is 0 Å². The SMILES string of the molecule is CC1(C)OB(c2cccc(C(=O)Nc3ccc(COCc4ccc(C#N)cc4)cc3)c2)OC1(C)C. The van der Waals surface area contributed by atoms with Crippen LogP contribution in [0.1, 0.15) is 54.7 Å². The zero-order valence-corrected chi connectivity index (χ0v) is 20.5. The summed E-state index contributed by atoms with van der Waals surface area (Å²) in [4.78, 5) is 12.9. The Balaban J connectivity index is 1.32. The van der Waals surface area contributed by atoms with Crippen LogP contribution in [0.4, 0.5) is 5.69 Å². The van der Waals surface area contributed by atoms with E-state index in [1.54, 1.807) is 18.2 Å². The van der Waals surface area contributed by atoms with Crippen molar-refractivity contribution in [2.24, 2.45) is 0 Å². The van der Waals surface area contributed by atoms with E-state index in [-0.39, 0.29) is 5.91 Å². The molecule has 3 aromatic carbocycles. The number of carbonyl (C=O) groups excluding carboxylic acids is 1. The first-order valence-electron chi connectivity index (χ1n) is 11.6. The zero-order valence-electron chi connectivity index (χ0n) is 20.5. The van der Waals surface area contributed by atoms with Crippen LogP contribution in [0.2, 0.25) is 0 Å². The van der Waals surface area contributed by atoms with Crippen LogP contribution in [-0.2, 0) is 27.3 Å². The molecule has 0 saturated carbocycles. The van der Waals surface area contributed by atoms with Crippen molar-refractivity contribution < 1.29 is 18.8 Å². The molecule has 1 fully saturated rings. The second kappa shape index (κ2) is 10.0. The van der Waals surface area contributed by atoms with Gasteiger partial charge in [0.25, 0.3) is 5.91 Å². The van der Waals surface area contributed by atoms with Gasteiger partial charge in [-0.1, -0.05) is 36.4 Å². The number of carbonyl (C=O) groups is 1. The molecule has 1 saturated heterocycles. The summed E-state index contributed by atoms with van der Waals surface area (Å²) in [5.74, 6) is -0.201. The van der Waals surface area contributed by atoms with Crippen molar-refractivity contribution in [1.29, 1.82) is 5.26 Å². The van der Waals surface area contributed by atoms with Gasteiger partial charge in [-0.15, -0.1) is 0 Å². The Hall–Kier alpha value is -3.44. The maximum Gasteiger partial charge on any atom is 0.494 e. The Kier molecular flexibility index (Phi) is 7.09. The van der Waals surface area contributed by atoms with Crippen LogP contribution in [0.25, 0.3) is 0 Å². The molecule has 0 unspecified atom stereocenters. The second-order valence-corrected chi connectivity index (χ2v) is 9.67. The van der Waals surface area contributed by atoms with E-state index in [1.807, 2.05) is 82.3 Å². The van der Waals surface area contributed by atoms with Crippen molar-refractivity contribution in [3.63, 3.8) is 0 Å². The van der Waals surface area contributed by atoms with Gasteiger partial charge in [-0.3, -0.25) is 4.79 Å². The Morgan fingerprint density at radius 2 is 1.49 bits per heavy atom. The highest BCUT2D eigenvalue weighted by molar-refractivity contribution is 6.62. The fourth-order valence-corrected chi connectivity index (χ4v) is 3.66. The third-order valence-electron chi connectivity index (χ3n) is 6.51. The fourth-order valence-electron chi connectivity index (χ4n) is 3.66. The van der Waals surface area contributed by atoms with Crippen LogP contribution in [0.15, 0.2) is 72.8 Å². The zero-order chi connectivity index (χ0) is 25.1. The van der Waals surface area contributed by atoms with E-state index < -0.39 is 18.3 Å². The smallest absolute Gasteiger partial charge is 0.399 e. The van der Waals surface area contributed by atoms with Crippen LogP contribution in [-0.4, -0.2) is 24.2 Å². The molecule has 0 spiro atoms. The molecule has 0 atom stereocenters. The minimum absolute atomic E-state index is 0.201. The number of hydrogen-bond donors (Lipinski definition) is 1. The summed E-state index contributed by atoms with van der Waals surface area (Å²) in [6.45, 7) is 8.93. The minimum atomic E-state index is -0.517. The van der Waals surface area contributed by atoms with Gasteiger partial charge in [0.15, 0.2) is 0 Å². The molecule has 35 heavy (non-hydrogen) atoms. The number of benzene rings is 3. The van der Waals surface area contributed by atoms with E-state index >= 15 is 0 Å². The number of ether oxygens (including phenoxy) is 1. The summed E-state index contributed by atoms with van der Waals surface area (Å²) >= 11 is 0. The van der Waals surface area contributed by atoms with Crippen molar-refractivity contribution in [3.05, 3.63) is 95.1 Å². The van der Waals surface area contributed by atoms with Gasteiger partial charge in [0.1, 0.15) is 0 Å². The number of nitrogens with one attached hydrogen (secondary N) is 1. The summed E-state index contributed by atoms with van der Waals surface area (Å²) in [7, 11) is -0.517. The van der Waals surface area contributed by atoms with E-state index in [2.05, 4.69) is 11.4 Å². The van der Waals surface area contributed by atoms with Gasteiger partial charge < -0.3 is 19.4 Å². The number of amides is 1. The number of hydrogen-bond acceptors (Lipinski definition) is 5. The van der Waals surface area contributed by atoms with Crippen molar-refractivity contribution in [2.45, 2.75) is 52.1 Å².